The molecule has 1 aromatic heterocycles. The van der Waals surface area contributed by atoms with Crippen molar-refractivity contribution < 1.29 is 9.47 Å². The number of nitrogens with zero attached hydrogens (tertiary/aromatic N) is 4. The Morgan fingerprint density at radius 2 is 2.09 bits per heavy atom. The van der Waals surface area contributed by atoms with Crippen LogP contribution >= 0.6 is 0 Å². The summed E-state index contributed by atoms with van der Waals surface area (Å²) >= 11 is 0. The van der Waals surface area contributed by atoms with E-state index in [9.17, 15) is 0 Å². The monoisotopic (exact) mass is 448 g/mol. The molecular formula is C25H32N6O2. The molecule has 1 unspecified atom stereocenters. The van der Waals surface area contributed by atoms with Gasteiger partial charge in [-0.05, 0) is 44.0 Å². The van der Waals surface area contributed by atoms with Crippen LogP contribution in [0.3, 0.4) is 0 Å². The third-order valence-electron chi connectivity index (χ3n) is 5.39. The number of nitrogens with one attached hydrogen (secondary N) is 2. The summed E-state index contributed by atoms with van der Waals surface area (Å²) in [6.45, 7) is 9.42. The van der Waals surface area contributed by atoms with E-state index in [4.69, 9.17) is 14.5 Å². The van der Waals surface area contributed by atoms with Gasteiger partial charge in [0.25, 0.3) is 0 Å². The molecule has 1 aliphatic rings. The number of hydrogen-bond donors (Lipinski definition) is 2. The van der Waals surface area contributed by atoms with Gasteiger partial charge in [0.2, 0.25) is 0 Å². The van der Waals surface area contributed by atoms with Gasteiger partial charge in [0.1, 0.15) is 30.3 Å². The van der Waals surface area contributed by atoms with Crippen LogP contribution in [0.2, 0.25) is 0 Å². The fourth-order valence-corrected chi connectivity index (χ4v) is 3.93. The molecule has 0 bridgehead atoms. The number of rotatable bonds is 9. The number of ether oxygens (including phenoxy) is 2. The second-order valence-electron chi connectivity index (χ2n) is 8.09. The SMILES string of the molecule is CCNC(=NCc1cccc(Cn2cncn2)c1)NCc1cc2c(cc1OCC)CC(C)O2. The molecule has 2 N–H and O–H groups in total. The zero-order valence-electron chi connectivity index (χ0n) is 19.5. The summed E-state index contributed by atoms with van der Waals surface area (Å²) in [7, 11) is 0. The normalized spacial score (nSPS) is 15.1. The minimum absolute atomic E-state index is 0.205. The highest BCUT2D eigenvalue weighted by atomic mass is 16.5. The van der Waals surface area contributed by atoms with E-state index in [-0.39, 0.29) is 6.10 Å². The van der Waals surface area contributed by atoms with Crippen molar-refractivity contribution in [2.75, 3.05) is 13.2 Å². The Kier molecular flexibility index (Phi) is 7.44. The minimum Gasteiger partial charge on any atom is -0.494 e. The van der Waals surface area contributed by atoms with Gasteiger partial charge >= 0.3 is 0 Å². The van der Waals surface area contributed by atoms with Gasteiger partial charge in [0, 0.05) is 30.6 Å². The van der Waals surface area contributed by atoms with Crippen molar-refractivity contribution in [3.05, 3.63) is 71.3 Å². The third-order valence-corrected chi connectivity index (χ3v) is 5.39. The second kappa shape index (κ2) is 10.8. The number of aromatic nitrogens is 3. The van der Waals surface area contributed by atoms with Crippen LogP contribution in [0.1, 0.15) is 43.0 Å². The van der Waals surface area contributed by atoms with Crippen LogP contribution in [0.5, 0.6) is 11.5 Å². The Bertz CT molecular complexity index is 1080. The van der Waals surface area contributed by atoms with Crippen molar-refractivity contribution >= 4 is 5.96 Å². The molecular weight excluding hydrogens is 416 g/mol. The van der Waals surface area contributed by atoms with Crippen molar-refractivity contribution in [3.63, 3.8) is 0 Å². The van der Waals surface area contributed by atoms with E-state index in [1.165, 1.54) is 11.1 Å². The maximum atomic E-state index is 5.95. The summed E-state index contributed by atoms with van der Waals surface area (Å²) in [4.78, 5) is 8.79. The molecule has 2 heterocycles. The lowest BCUT2D eigenvalue weighted by molar-refractivity contribution is 0.254. The highest BCUT2D eigenvalue weighted by molar-refractivity contribution is 5.79. The highest BCUT2D eigenvalue weighted by Gasteiger charge is 2.21. The number of aliphatic imine (C=N–C) groups is 1. The number of guanidine groups is 1. The lowest BCUT2D eigenvalue weighted by Crippen LogP contribution is -2.36. The van der Waals surface area contributed by atoms with Crippen molar-refractivity contribution in [1.82, 2.24) is 25.4 Å². The number of benzene rings is 2. The molecule has 1 atom stereocenters. The van der Waals surface area contributed by atoms with E-state index in [1.54, 1.807) is 12.7 Å². The summed E-state index contributed by atoms with van der Waals surface area (Å²) in [6.07, 6.45) is 4.40. The molecule has 0 fully saturated rings. The fraction of sp³-hybridized carbons (Fsp3) is 0.400. The smallest absolute Gasteiger partial charge is 0.191 e. The van der Waals surface area contributed by atoms with E-state index < -0.39 is 0 Å². The average molecular weight is 449 g/mol. The molecule has 0 saturated carbocycles. The Labute approximate surface area is 195 Å². The molecule has 33 heavy (non-hydrogen) atoms. The molecule has 8 nitrogen and oxygen atoms in total. The summed E-state index contributed by atoms with van der Waals surface area (Å²) < 4.78 is 13.7. The van der Waals surface area contributed by atoms with E-state index in [2.05, 4.69) is 71.0 Å². The quantitative estimate of drug-likeness (QED) is 0.386. The summed E-state index contributed by atoms with van der Waals surface area (Å²) in [5.74, 6) is 2.61. The molecule has 1 aliphatic heterocycles. The van der Waals surface area contributed by atoms with E-state index in [0.717, 1.165) is 41.6 Å². The van der Waals surface area contributed by atoms with Crippen LogP contribution in [-0.2, 0) is 26.1 Å². The maximum absolute atomic E-state index is 5.95. The zero-order valence-corrected chi connectivity index (χ0v) is 19.5. The van der Waals surface area contributed by atoms with Gasteiger partial charge in [-0.2, -0.15) is 5.10 Å². The predicted molar refractivity (Wildman–Crippen MR) is 129 cm³/mol. The topological polar surface area (TPSA) is 85.6 Å². The summed E-state index contributed by atoms with van der Waals surface area (Å²) in [5.41, 5.74) is 4.57. The molecule has 0 radical (unpaired) electrons. The lowest BCUT2D eigenvalue weighted by Gasteiger charge is -2.15. The highest BCUT2D eigenvalue weighted by Crippen LogP contribution is 2.35. The van der Waals surface area contributed by atoms with Crippen LogP contribution in [-0.4, -0.2) is 40.0 Å². The van der Waals surface area contributed by atoms with Gasteiger partial charge in [-0.25, -0.2) is 14.7 Å². The van der Waals surface area contributed by atoms with Crippen LogP contribution in [0.15, 0.2) is 54.0 Å². The molecule has 0 amide bonds. The minimum atomic E-state index is 0.205. The molecule has 8 heteroatoms. The standard InChI is InChI=1S/C25H32N6O2/c1-4-27-25(28-13-19-7-6-8-20(10-19)15-31-17-26-16-30-31)29-14-22-12-24-21(9-18(3)33-24)11-23(22)32-5-2/h6-8,10-12,16-18H,4-5,9,13-15H2,1-3H3,(H2,27,28,29). The largest absolute Gasteiger partial charge is 0.494 e. The van der Waals surface area contributed by atoms with Gasteiger partial charge in [-0.1, -0.05) is 24.3 Å². The maximum Gasteiger partial charge on any atom is 0.191 e. The molecule has 174 valence electrons. The first-order valence-electron chi connectivity index (χ1n) is 11.5. The van der Waals surface area contributed by atoms with Gasteiger partial charge in [0.15, 0.2) is 5.96 Å². The van der Waals surface area contributed by atoms with Crippen molar-refractivity contribution in [3.8, 4) is 11.5 Å². The van der Waals surface area contributed by atoms with Crippen molar-refractivity contribution in [1.29, 1.82) is 0 Å². The zero-order chi connectivity index (χ0) is 23.0. The van der Waals surface area contributed by atoms with Crippen molar-refractivity contribution in [2.24, 2.45) is 4.99 Å². The lowest BCUT2D eigenvalue weighted by atomic mass is 10.1. The van der Waals surface area contributed by atoms with Crippen molar-refractivity contribution in [2.45, 2.75) is 52.9 Å². The Morgan fingerprint density at radius 3 is 2.88 bits per heavy atom. The van der Waals surface area contributed by atoms with Gasteiger partial charge in [-0.3, -0.25) is 0 Å². The third kappa shape index (κ3) is 6.03. The number of fused-ring (bicyclic) bond motifs is 1. The fourth-order valence-electron chi connectivity index (χ4n) is 3.93. The summed E-state index contributed by atoms with van der Waals surface area (Å²) in [6, 6.07) is 12.6. The van der Waals surface area contributed by atoms with E-state index in [0.29, 0.717) is 26.2 Å². The Balaban J connectivity index is 1.43. The van der Waals surface area contributed by atoms with E-state index in [1.807, 2.05) is 11.6 Å². The van der Waals surface area contributed by atoms with Gasteiger partial charge in [0.05, 0.1) is 19.7 Å². The molecule has 3 aromatic rings. The van der Waals surface area contributed by atoms with Crippen LogP contribution in [0.4, 0.5) is 0 Å². The summed E-state index contributed by atoms with van der Waals surface area (Å²) in [5, 5.41) is 10.9. The first-order valence-corrected chi connectivity index (χ1v) is 11.5. The van der Waals surface area contributed by atoms with Gasteiger partial charge < -0.3 is 20.1 Å². The number of hydrogen-bond acceptors (Lipinski definition) is 5. The van der Waals surface area contributed by atoms with Crippen LogP contribution < -0.4 is 20.1 Å². The average Bonchev–Trinajstić information content (AvgIpc) is 3.44. The Hall–Kier alpha value is -3.55. The Morgan fingerprint density at radius 1 is 1.21 bits per heavy atom. The molecule has 2 aromatic carbocycles. The van der Waals surface area contributed by atoms with Crippen LogP contribution in [0.25, 0.3) is 0 Å². The first-order chi connectivity index (χ1) is 16.1. The second-order valence-corrected chi connectivity index (χ2v) is 8.09. The van der Waals surface area contributed by atoms with Crippen LogP contribution in [0, 0.1) is 0 Å². The first kappa shape index (κ1) is 22.6. The predicted octanol–water partition coefficient (Wildman–Crippen LogP) is 3.30. The molecule has 0 spiro atoms. The molecule has 0 aliphatic carbocycles. The molecule has 0 saturated heterocycles. The van der Waals surface area contributed by atoms with E-state index >= 15 is 0 Å². The van der Waals surface area contributed by atoms with Gasteiger partial charge in [-0.15, -0.1) is 0 Å². The molecule has 4 rings (SSSR count).